The van der Waals surface area contributed by atoms with E-state index in [1.54, 1.807) is 30.3 Å². The van der Waals surface area contributed by atoms with Crippen LogP contribution in [0, 0.1) is 0 Å². The number of benzene rings is 2. The summed E-state index contributed by atoms with van der Waals surface area (Å²) in [5.74, 6) is 0.744. The Labute approximate surface area is 205 Å². The minimum atomic E-state index is -0.425. The molecule has 0 amide bonds. The van der Waals surface area contributed by atoms with Crippen molar-refractivity contribution in [3.05, 3.63) is 59.7 Å². The summed E-state index contributed by atoms with van der Waals surface area (Å²) in [5, 5.41) is 0. The maximum absolute atomic E-state index is 12.6. The van der Waals surface area contributed by atoms with E-state index in [0.29, 0.717) is 41.2 Å². The van der Waals surface area contributed by atoms with Crippen LogP contribution in [0.5, 0.6) is 17.2 Å². The molecule has 0 radical (unpaired) electrons. The van der Waals surface area contributed by atoms with E-state index in [0.717, 1.165) is 6.42 Å². The van der Waals surface area contributed by atoms with E-state index in [1.165, 1.54) is 27.4 Å². The Morgan fingerprint density at radius 1 is 0.914 bits per heavy atom. The number of nitrogens with zero attached hydrogens (tertiary/aromatic N) is 1. The number of hydrogen-bond acceptors (Lipinski definition) is 8. The molecule has 186 valence electrons. The van der Waals surface area contributed by atoms with Gasteiger partial charge in [0, 0.05) is 31.4 Å². The molecule has 2 bridgehead atoms. The number of carbonyl (C=O) groups excluding carboxylic acids is 2. The summed E-state index contributed by atoms with van der Waals surface area (Å²) in [5.41, 5.74) is 1.25. The first-order valence-corrected chi connectivity index (χ1v) is 11.6. The predicted octanol–water partition coefficient (Wildman–Crippen LogP) is 3.73. The van der Waals surface area contributed by atoms with Crippen LogP contribution in [0.25, 0.3) is 6.08 Å². The summed E-state index contributed by atoms with van der Waals surface area (Å²) in [6.45, 7) is 0. The molecule has 8 heteroatoms. The van der Waals surface area contributed by atoms with Crippen LogP contribution in [0.15, 0.2) is 48.5 Å². The van der Waals surface area contributed by atoms with Crippen molar-refractivity contribution in [3.8, 4) is 17.2 Å². The minimum Gasteiger partial charge on any atom is -0.493 e. The van der Waals surface area contributed by atoms with Crippen molar-refractivity contribution < 1.29 is 33.3 Å². The van der Waals surface area contributed by atoms with Crippen LogP contribution in [-0.4, -0.2) is 69.5 Å². The summed E-state index contributed by atoms with van der Waals surface area (Å²) >= 11 is 0. The molecule has 2 aromatic carbocycles. The van der Waals surface area contributed by atoms with E-state index in [1.807, 2.05) is 25.2 Å². The third-order valence-corrected chi connectivity index (χ3v) is 6.72. The molecule has 4 rings (SSSR count). The van der Waals surface area contributed by atoms with Crippen LogP contribution >= 0.6 is 0 Å². The van der Waals surface area contributed by atoms with Gasteiger partial charge in [-0.1, -0.05) is 18.2 Å². The Morgan fingerprint density at radius 2 is 1.60 bits per heavy atom. The van der Waals surface area contributed by atoms with Crippen LogP contribution in [0.3, 0.4) is 0 Å². The Hall–Kier alpha value is -3.52. The normalized spacial score (nSPS) is 23.7. The summed E-state index contributed by atoms with van der Waals surface area (Å²) < 4.78 is 27.6. The van der Waals surface area contributed by atoms with E-state index < -0.39 is 5.97 Å². The monoisotopic (exact) mass is 481 g/mol. The van der Waals surface area contributed by atoms with Crippen LogP contribution < -0.4 is 14.2 Å². The van der Waals surface area contributed by atoms with Gasteiger partial charge in [-0.15, -0.1) is 0 Å². The van der Waals surface area contributed by atoms with E-state index in [2.05, 4.69) is 4.90 Å². The second-order valence-electron chi connectivity index (χ2n) is 8.75. The fraction of sp³-hybridized carbons (Fsp3) is 0.407. The highest BCUT2D eigenvalue weighted by atomic mass is 16.6. The smallest absolute Gasteiger partial charge is 0.338 e. The lowest BCUT2D eigenvalue weighted by molar-refractivity contribution is -0.146. The third kappa shape index (κ3) is 5.43. The standard InChI is InChI=1S/C27H31NO7/c1-28-19-14-20(16-21(28)22(15-19)35-27(30)18-8-6-5-7-9-18)34-25(29)11-10-17-12-23(31-2)26(33-4)24(13-17)32-3/h5-13,19-22H,14-16H2,1-4H3. The molecule has 2 aliphatic heterocycles. The van der Waals surface area contributed by atoms with Gasteiger partial charge in [-0.3, -0.25) is 4.90 Å². The third-order valence-electron chi connectivity index (χ3n) is 6.72. The zero-order valence-electron chi connectivity index (χ0n) is 20.4. The Bertz CT molecular complexity index is 1060. The van der Waals surface area contributed by atoms with Gasteiger partial charge >= 0.3 is 11.9 Å². The van der Waals surface area contributed by atoms with Crippen LogP contribution in [0.4, 0.5) is 0 Å². The summed E-state index contributed by atoms with van der Waals surface area (Å²) in [4.78, 5) is 27.4. The zero-order valence-corrected chi connectivity index (χ0v) is 20.4. The highest BCUT2D eigenvalue weighted by Gasteiger charge is 2.47. The Balaban J connectivity index is 1.37. The van der Waals surface area contributed by atoms with Crippen molar-refractivity contribution in [3.63, 3.8) is 0 Å². The summed E-state index contributed by atoms with van der Waals surface area (Å²) in [6.07, 6.45) is 4.64. The molecule has 0 aromatic heterocycles. The van der Waals surface area contributed by atoms with Gasteiger partial charge in [-0.25, -0.2) is 9.59 Å². The second kappa shape index (κ2) is 10.8. The van der Waals surface area contributed by atoms with Crippen molar-refractivity contribution in [2.24, 2.45) is 0 Å². The number of esters is 2. The Kier molecular flexibility index (Phi) is 7.60. The maximum atomic E-state index is 12.6. The number of fused-ring (bicyclic) bond motifs is 2. The van der Waals surface area contributed by atoms with Gasteiger partial charge in [0.05, 0.1) is 32.9 Å². The number of methoxy groups -OCH3 is 3. The lowest BCUT2D eigenvalue weighted by Crippen LogP contribution is -2.46. The topological polar surface area (TPSA) is 83.5 Å². The quantitative estimate of drug-likeness (QED) is 0.417. The highest BCUT2D eigenvalue weighted by Crippen LogP contribution is 2.39. The first-order chi connectivity index (χ1) is 16.9. The minimum absolute atomic E-state index is 0.0123. The molecular formula is C27H31NO7. The van der Waals surface area contributed by atoms with E-state index in [9.17, 15) is 9.59 Å². The molecule has 8 nitrogen and oxygen atoms in total. The number of likely N-dealkylation sites (N-methyl/N-ethyl adjacent to an activating group) is 1. The number of carbonyl (C=O) groups is 2. The van der Waals surface area contributed by atoms with Crippen LogP contribution in [0.1, 0.15) is 35.2 Å². The van der Waals surface area contributed by atoms with Crippen molar-refractivity contribution in [1.29, 1.82) is 0 Å². The Morgan fingerprint density at radius 3 is 2.23 bits per heavy atom. The van der Waals surface area contributed by atoms with Crippen LogP contribution in [-0.2, 0) is 14.3 Å². The first kappa shape index (κ1) is 24.6. The molecule has 2 aliphatic rings. The molecule has 0 aliphatic carbocycles. The summed E-state index contributed by atoms with van der Waals surface area (Å²) in [7, 11) is 6.65. The van der Waals surface area contributed by atoms with E-state index in [4.69, 9.17) is 23.7 Å². The van der Waals surface area contributed by atoms with Gasteiger partial charge in [0.2, 0.25) is 5.75 Å². The average molecular weight is 482 g/mol. The van der Waals surface area contributed by atoms with Crippen molar-refractivity contribution in [2.45, 2.75) is 43.6 Å². The molecular weight excluding hydrogens is 450 g/mol. The molecule has 0 N–H and O–H groups in total. The molecule has 2 heterocycles. The van der Waals surface area contributed by atoms with Crippen molar-refractivity contribution in [1.82, 2.24) is 4.90 Å². The van der Waals surface area contributed by atoms with Gasteiger partial charge in [-0.05, 0) is 43.0 Å². The number of hydrogen-bond donors (Lipinski definition) is 0. The van der Waals surface area contributed by atoms with Gasteiger partial charge in [-0.2, -0.15) is 0 Å². The fourth-order valence-corrected chi connectivity index (χ4v) is 4.94. The molecule has 2 fully saturated rings. The molecule has 2 aromatic rings. The van der Waals surface area contributed by atoms with Crippen molar-refractivity contribution >= 4 is 18.0 Å². The van der Waals surface area contributed by atoms with Crippen LogP contribution in [0.2, 0.25) is 0 Å². The molecule has 0 spiro atoms. The van der Waals surface area contributed by atoms with E-state index in [-0.39, 0.29) is 30.3 Å². The van der Waals surface area contributed by atoms with Gasteiger partial charge in [0.1, 0.15) is 12.2 Å². The van der Waals surface area contributed by atoms with E-state index >= 15 is 0 Å². The predicted molar refractivity (Wildman–Crippen MR) is 130 cm³/mol. The molecule has 2 saturated heterocycles. The molecule has 0 saturated carbocycles. The van der Waals surface area contributed by atoms with Crippen molar-refractivity contribution in [2.75, 3.05) is 28.4 Å². The highest BCUT2D eigenvalue weighted by molar-refractivity contribution is 5.89. The summed E-state index contributed by atoms with van der Waals surface area (Å²) in [6, 6.07) is 12.7. The molecule has 35 heavy (non-hydrogen) atoms. The number of piperidine rings is 1. The van der Waals surface area contributed by atoms with Gasteiger partial charge in [0.15, 0.2) is 11.5 Å². The second-order valence-corrected chi connectivity index (χ2v) is 8.75. The fourth-order valence-electron chi connectivity index (χ4n) is 4.94. The lowest BCUT2D eigenvalue weighted by atomic mass is 10.0. The first-order valence-electron chi connectivity index (χ1n) is 11.6. The number of rotatable bonds is 8. The largest absolute Gasteiger partial charge is 0.493 e. The molecule has 4 atom stereocenters. The molecule has 4 unspecified atom stereocenters. The number of ether oxygens (including phenoxy) is 5. The maximum Gasteiger partial charge on any atom is 0.338 e. The average Bonchev–Trinajstić information content (AvgIpc) is 3.03. The zero-order chi connectivity index (χ0) is 24.9. The SMILES string of the molecule is COc1cc(C=CC(=O)OC2CC3CC(OC(=O)c4ccccc4)C(C2)N3C)cc(OC)c1OC. The van der Waals surface area contributed by atoms with Gasteiger partial charge < -0.3 is 23.7 Å². The lowest BCUT2D eigenvalue weighted by Gasteiger charge is -2.36. The van der Waals surface area contributed by atoms with Gasteiger partial charge in [0.25, 0.3) is 0 Å².